The van der Waals surface area contributed by atoms with Gasteiger partial charge in [-0.2, -0.15) is 0 Å². The molecule has 2 aromatic carbocycles. The molecule has 0 unspecified atom stereocenters. The van der Waals surface area contributed by atoms with E-state index in [1.54, 1.807) is 29.2 Å². The Balaban J connectivity index is 1.43. The monoisotopic (exact) mass is 411 g/mol. The molecule has 3 rings (SSSR count). The number of ether oxygens (including phenoxy) is 1. The van der Waals surface area contributed by atoms with Crippen LogP contribution in [0, 0.1) is 10.1 Å². The molecule has 1 saturated heterocycles. The van der Waals surface area contributed by atoms with Gasteiger partial charge in [0.15, 0.2) is 6.61 Å². The van der Waals surface area contributed by atoms with Crippen molar-refractivity contribution < 1.29 is 24.4 Å². The Morgan fingerprint density at radius 2 is 1.67 bits per heavy atom. The van der Waals surface area contributed by atoms with Crippen molar-refractivity contribution in [2.45, 2.75) is 0 Å². The zero-order valence-electron chi connectivity index (χ0n) is 16.1. The highest BCUT2D eigenvalue weighted by Gasteiger charge is 2.22. The summed E-state index contributed by atoms with van der Waals surface area (Å²) in [5.41, 5.74) is 1.62. The second-order valence-corrected chi connectivity index (χ2v) is 6.67. The van der Waals surface area contributed by atoms with Gasteiger partial charge in [-0.05, 0) is 35.9 Å². The van der Waals surface area contributed by atoms with Gasteiger partial charge in [0.2, 0.25) is 0 Å². The standard InChI is InChI=1S/C21H21N3O6/c25-19-8-1-16(2-9-19)3-10-21(27)30-15-20(26)23-13-11-22(12-14-23)17-4-6-18(7-5-17)24(28)29/h1-10,25H,11-15H2/b10-3-. The molecule has 156 valence electrons. The maximum Gasteiger partial charge on any atom is 0.331 e. The molecular weight excluding hydrogens is 390 g/mol. The highest BCUT2D eigenvalue weighted by molar-refractivity contribution is 5.89. The van der Waals surface area contributed by atoms with Crippen molar-refractivity contribution in [2.24, 2.45) is 0 Å². The van der Waals surface area contributed by atoms with Gasteiger partial charge in [0.25, 0.3) is 11.6 Å². The molecule has 0 aliphatic carbocycles. The van der Waals surface area contributed by atoms with E-state index in [4.69, 9.17) is 4.74 Å². The van der Waals surface area contributed by atoms with Gasteiger partial charge in [0.1, 0.15) is 5.75 Å². The van der Waals surface area contributed by atoms with Crippen LogP contribution in [-0.2, 0) is 14.3 Å². The van der Waals surface area contributed by atoms with Crippen molar-refractivity contribution >= 4 is 29.3 Å². The molecule has 30 heavy (non-hydrogen) atoms. The van der Waals surface area contributed by atoms with Crippen LogP contribution in [0.5, 0.6) is 5.75 Å². The molecule has 9 nitrogen and oxygen atoms in total. The molecule has 0 radical (unpaired) electrons. The van der Waals surface area contributed by atoms with E-state index in [0.717, 1.165) is 11.3 Å². The van der Waals surface area contributed by atoms with Gasteiger partial charge in [-0.1, -0.05) is 12.1 Å². The number of rotatable bonds is 6. The minimum atomic E-state index is -0.624. The maximum atomic E-state index is 12.3. The fraction of sp³-hybridized carbons (Fsp3) is 0.238. The van der Waals surface area contributed by atoms with Crippen LogP contribution in [0.3, 0.4) is 0 Å². The van der Waals surface area contributed by atoms with Crippen molar-refractivity contribution in [3.63, 3.8) is 0 Å². The summed E-state index contributed by atoms with van der Waals surface area (Å²) >= 11 is 0. The largest absolute Gasteiger partial charge is 0.508 e. The van der Waals surface area contributed by atoms with Crippen LogP contribution in [0.25, 0.3) is 6.08 Å². The Morgan fingerprint density at radius 3 is 2.27 bits per heavy atom. The maximum absolute atomic E-state index is 12.3. The Labute approximate surface area is 172 Å². The molecule has 1 aliphatic rings. The Hall–Kier alpha value is -3.88. The second kappa shape index (κ2) is 9.55. The second-order valence-electron chi connectivity index (χ2n) is 6.67. The zero-order chi connectivity index (χ0) is 21.5. The third kappa shape index (κ3) is 5.57. The van der Waals surface area contributed by atoms with Gasteiger partial charge in [-0.15, -0.1) is 0 Å². The number of nitrogens with zero attached hydrogens (tertiary/aromatic N) is 3. The number of nitro benzene ring substituents is 1. The number of phenolic OH excluding ortho intramolecular Hbond substituents is 1. The highest BCUT2D eigenvalue weighted by atomic mass is 16.6. The van der Waals surface area contributed by atoms with Crippen LogP contribution in [0.4, 0.5) is 11.4 Å². The van der Waals surface area contributed by atoms with E-state index < -0.39 is 10.9 Å². The van der Waals surface area contributed by atoms with E-state index >= 15 is 0 Å². The van der Waals surface area contributed by atoms with E-state index in [-0.39, 0.29) is 24.0 Å². The average molecular weight is 411 g/mol. The van der Waals surface area contributed by atoms with Crippen molar-refractivity contribution in [3.05, 3.63) is 70.3 Å². The first-order valence-electron chi connectivity index (χ1n) is 9.33. The lowest BCUT2D eigenvalue weighted by Gasteiger charge is -2.36. The number of nitro groups is 1. The predicted molar refractivity (Wildman–Crippen MR) is 110 cm³/mol. The lowest BCUT2D eigenvalue weighted by atomic mass is 10.2. The van der Waals surface area contributed by atoms with Crippen LogP contribution in [0.1, 0.15) is 5.56 Å². The molecule has 1 heterocycles. The minimum Gasteiger partial charge on any atom is -0.508 e. The molecular formula is C21H21N3O6. The van der Waals surface area contributed by atoms with Crippen molar-refractivity contribution in [1.82, 2.24) is 4.90 Å². The smallest absolute Gasteiger partial charge is 0.331 e. The lowest BCUT2D eigenvalue weighted by molar-refractivity contribution is -0.384. The predicted octanol–water partition coefficient (Wildman–Crippen LogP) is 2.21. The summed E-state index contributed by atoms with van der Waals surface area (Å²) < 4.78 is 5.01. The summed E-state index contributed by atoms with van der Waals surface area (Å²) in [4.78, 5) is 38.0. The van der Waals surface area contributed by atoms with Crippen LogP contribution in [-0.4, -0.2) is 59.6 Å². The van der Waals surface area contributed by atoms with E-state index in [2.05, 4.69) is 0 Å². The number of amides is 1. The SMILES string of the molecule is O=C(/C=C\c1ccc(O)cc1)OCC(=O)N1CCN(c2ccc([N+](=O)[O-])cc2)CC1. The van der Waals surface area contributed by atoms with Gasteiger partial charge < -0.3 is 19.6 Å². The van der Waals surface area contributed by atoms with Gasteiger partial charge in [-0.25, -0.2) is 4.79 Å². The number of carbonyl (C=O) groups is 2. The number of phenols is 1. The van der Waals surface area contributed by atoms with Crippen LogP contribution < -0.4 is 4.90 Å². The fourth-order valence-electron chi connectivity index (χ4n) is 3.02. The Morgan fingerprint density at radius 1 is 1.03 bits per heavy atom. The molecule has 0 saturated carbocycles. The summed E-state index contributed by atoms with van der Waals surface area (Å²) in [6.45, 7) is 1.76. The number of piperazine rings is 1. The van der Waals surface area contributed by atoms with Crippen molar-refractivity contribution in [3.8, 4) is 5.75 Å². The fourth-order valence-corrected chi connectivity index (χ4v) is 3.02. The summed E-state index contributed by atoms with van der Waals surface area (Å²) in [7, 11) is 0. The van der Waals surface area contributed by atoms with E-state index in [0.29, 0.717) is 26.2 Å². The first kappa shape index (κ1) is 20.8. The number of hydrogen-bond donors (Lipinski definition) is 1. The lowest BCUT2D eigenvalue weighted by Crippen LogP contribution is -2.49. The number of anilines is 1. The van der Waals surface area contributed by atoms with Gasteiger partial charge in [0.05, 0.1) is 4.92 Å². The zero-order valence-corrected chi connectivity index (χ0v) is 16.1. The number of hydrogen-bond acceptors (Lipinski definition) is 7. The third-order valence-electron chi connectivity index (χ3n) is 4.70. The van der Waals surface area contributed by atoms with Gasteiger partial charge in [-0.3, -0.25) is 14.9 Å². The van der Waals surface area contributed by atoms with Crippen LogP contribution >= 0.6 is 0 Å². The molecule has 0 aromatic heterocycles. The van der Waals surface area contributed by atoms with Crippen molar-refractivity contribution in [1.29, 1.82) is 0 Å². The molecule has 2 aromatic rings. The van der Waals surface area contributed by atoms with Gasteiger partial charge >= 0.3 is 5.97 Å². The number of carbonyl (C=O) groups excluding carboxylic acids is 2. The molecule has 0 bridgehead atoms. The Kier molecular flexibility index (Phi) is 6.63. The number of benzene rings is 2. The van der Waals surface area contributed by atoms with Crippen LogP contribution in [0.2, 0.25) is 0 Å². The van der Waals surface area contributed by atoms with E-state index in [1.165, 1.54) is 36.4 Å². The minimum absolute atomic E-state index is 0.0360. The molecule has 1 aliphatic heterocycles. The number of non-ortho nitro benzene ring substituents is 1. The normalized spacial score (nSPS) is 14.0. The molecule has 1 N–H and O–H groups in total. The first-order valence-corrected chi connectivity index (χ1v) is 9.33. The molecule has 1 fully saturated rings. The quantitative estimate of drug-likeness (QED) is 0.335. The third-order valence-corrected chi connectivity index (χ3v) is 4.70. The average Bonchev–Trinajstić information content (AvgIpc) is 2.77. The van der Waals surface area contributed by atoms with Crippen LogP contribution in [0.15, 0.2) is 54.6 Å². The first-order chi connectivity index (χ1) is 14.4. The summed E-state index contributed by atoms with van der Waals surface area (Å²) in [6.07, 6.45) is 2.77. The summed E-state index contributed by atoms with van der Waals surface area (Å²) in [5.74, 6) is -0.764. The summed E-state index contributed by atoms with van der Waals surface area (Å²) in [5, 5.41) is 20.0. The summed E-state index contributed by atoms with van der Waals surface area (Å²) in [6, 6.07) is 12.6. The highest BCUT2D eigenvalue weighted by Crippen LogP contribution is 2.20. The number of esters is 1. The van der Waals surface area contributed by atoms with Gasteiger partial charge in [0, 0.05) is 50.1 Å². The van der Waals surface area contributed by atoms with Crippen molar-refractivity contribution in [2.75, 3.05) is 37.7 Å². The number of aromatic hydroxyl groups is 1. The topological polar surface area (TPSA) is 113 Å². The molecule has 9 heteroatoms. The molecule has 0 atom stereocenters. The molecule has 1 amide bonds. The molecule has 0 spiro atoms. The van der Waals surface area contributed by atoms with E-state index in [9.17, 15) is 24.8 Å². The van der Waals surface area contributed by atoms with E-state index in [1.807, 2.05) is 4.90 Å². The Bertz CT molecular complexity index is 932.